The Labute approximate surface area is 106 Å². The van der Waals surface area contributed by atoms with Gasteiger partial charge in [0.05, 0.1) is 0 Å². The van der Waals surface area contributed by atoms with Gasteiger partial charge in [0.15, 0.2) is 0 Å². The van der Waals surface area contributed by atoms with Gasteiger partial charge >= 0.3 is 0 Å². The number of nitrogens with zero attached hydrogens (tertiary/aromatic N) is 1. The Morgan fingerprint density at radius 2 is 2.06 bits per heavy atom. The first-order valence-corrected chi connectivity index (χ1v) is 7.00. The van der Waals surface area contributed by atoms with Gasteiger partial charge in [-0.25, -0.2) is 0 Å². The van der Waals surface area contributed by atoms with Gasteiger partial charge in [-0.05, 0) is 68.8 Å². The van der Waals surface area contributed by atoms with Crippen molar-refractivity contribution in [3.8, 4) is 0 Å². The topological polar surface area (TPSA) is 3.24 Å². The second kappa shape index (κ2) is 5.68. The Hall–Kier alpha value is -0.820. The maximum atomic E-state index is 2.63. The fourth-order valence-electron chi connectivity index (χ4n) is 2.87. The molecule has 1 saturated heterocycles. The molecule has 1 nitrogen and oxygen atoms in total. The zero-order valence-corrected chi connectivity index (χ0v) is 11.5. The van der Waals surface area contributed by atoms with Gasteiger partial charge in [-0.2, -0.15) is 0 Å². The number of likely N-dealkylation sites (tertiary alicyclic amines) is 1. The van der Waals surface area contributed by atoms with Crippen LogP contribution >= 0.6 is 0 Å². The molecule has 17 heavy (non-hydrogen) atoms. The fraction of sp³-hybridized carbons (Fsp3) is 0.625. The molecule has 1 heterocycles. The van der Waals surface area contributed by atoms with Crippen LogP contribution in [0.4, 0.5) is 0 Å². The van der Waals surface area contributed by atoms with E-state index in [0.717, 1.165) is 5.92 Å². The maximum absolute atomic E-state index is 2.63. The third-order valence-corrected chi connectivity index (χ3v) is 4.05. The van der Waals surface area contributed by atoms with Crippen molar-refractivity contribution in [2.75, 3.05) is 19.6 Å². The normalized spacial score (nSPS) is 21.7. The van der Waals surface area contributed by atoms with E-state index < -0.39 is 0 Å². The molecule has 1 fully saturated rings. The fourth-order valence-corrected chi connectivity index (χ4v) is 2.87. The summed E-state index contributed by atoms with van der Waals surface area (Å²) >= 11 is 0. The second-order valence-electron chi connectivity index (χ2n) is 5.48. The number of piperidine rings is 1. The Bertz CT molecular complexity index is 368. The molecule has 0 aliphatic carbocycles. The molecule has 1 atom stereocenters. The number of benzene rings is 1. The smallest absolute Gasteiger partial charge is 0.00503 e. The molecule has 1 heteroatoms. The Morgan fingerprint density at radius 3 is 2.76 bits per heavy atom. The van der Waals surface area contributed by atoms with E-state index in [0.29, 0.717) is 0 Å². The highest BCUT2D eigenvalue weighted by Gasteiger charge is 2.20. The van der Waals surface area contributed by atoms with Crippen LogP contribution in [0.1, 0.15) is 48.8 Å². The molecule has 1 aliphatic heterocycles. The molecule has 0 spiro atoms. The van der Waals surface area contributed by atoms with E-state index in [2.05, 4.69) is 43.9 Å². The monoisotopic (exact) mass is 231 g/mol. The van der Waals surface area contributed by atoms with E-state index in [-0.39, 0.29) is 0 Å². The average Bonchev–Trinajstić information content (AvgIpc) is 2.33. The molecule has 1 aromatic carbocycles. The van der Waals surface area contributed by atoms with E-state index in [4.69, 9.17) is 0 Å². The summed E-state index contributed by atoms with van der Waals surface area (Å²) in [4.78, 5) is 2.63. The lowest BCUT2D eigenvalue weighted by atomic mass is 9.89. The van der Waals surface area contributed by atoms with Crippen LogP contribution in [0, 0.1) is 13.8 Å². The number of hydrogen-bond acceptors (Lipinski definition) is 1. The van der Waals surface area contributed by atoms with Crippen LogP contribution in [0.2, 0.25) is 0 Å². The molecule has 1 aromatic rings. The highest BCUT2D eigenvalue weighted by atomic mass is 15.1. The summed E-state index contributed by atoms with van der Waals surface area (Å²) < 4.78 is 0. The molecular formula is C16H25N. The van der Waals surface area contributed by atoms with Crippen molar-refractivity contribution < 1.29 is 0 Å². The maximum Gasteiger partial charge on any atom is 0.00503 e. The summed E-state index contributed by atoms with van der Waals surface area (Å²) in [6.07, 6.45) is 4.00. The molecule has 0 aromatic heterocycles. The minimum absolute atomic E-state index is 0.759. The molecular weight excluding hydrogens is 206 g/mol. The van der Waals surface area contributed by atoms with E-state index in [1.165, 1.54) is 50.0 Å². The van der Waals surface area contributed by atoms with Crippen LogP contribution in [0.15, 0.2) is 18.2 Å². The largest absolute Gasteiger partial charge is 0.303 e. The highest BCUT2D eigenvalue weighted by molar-refractivity contribution is 5.32. The van der Waals surface area contributed by atoms with Crippen molar-refractivity contribution in [3.63, 3.8) is 0 Å². The molecule has 0 saturated carbocycles. The quantitative estimate of drug-likeness (QED) is 0.763. The van der Waals surface area contributed by atoms with Crippen LogP contribution in [-0.2, 0) is 0 Å². The summed E-state index contributed by atoms with van der Waals surface area (Å²) in [6.45, 7) is 10.5. The van der Waals surface area contributed by atoms with Crippen molar-refractivity contribution in [2.24, 2.45) is 0 Å². The van der Waals surface area contributed by atoms with Gasteiger partial charge < -0.3 is 4.90 Å². The lowest BCUT2D eigenvalue weighted by molar-refractivity contribution is 0.208. The third-order valence-electron chi connectivity index (χ3n) is 4.05. The van der Waals surface area contributed by atoms with Crippen LogP contribution in [0.5, 0.6) is 0 Å². The van der Waals surface area contributed by atoms with Crippen molar-refractivity contribution in [2.45, 2.75) is 46.0 Å². The number of hydrogen-bond donors (Lipinski definition) is 0. The van der Waals surface area contributed by atoms with Gasteiger partial charge in [0.25, 0.3) is 0 Å². The standard InChI is InChI=1S/C16H25N/c1-4-9-17-10-5-6-16(12-17)15-8-7-13(2)14(3)11-15/h7-8,11,16H,4-6,9-10,12H2,1-3H3/t16-/m0/s1. The van der Waals surface area contributed by atoms with Gasteiger partial charge in [-0.15, -0.1) is 0 Å². The first-order valence-electron chi connectivity index (χ1n) is 7.00. The van der Waals surface area contributed by atoms with Crippen LogP contribution in [0.25, 0.3) is 0 Å². The first-order chi connectivity index (χ1) is 8.20. The Morgan fingerprint density at radius 1 is 1.24 bits per heavy atom. The van der Waals surface area contributed by atoms with Gasteiger partial charge in [0.2, 0.25) is 0 Å². The average molecular weight is 231 g/mol. The van der Waals surface area contributed by atoms with Crippen molar-refractivity contribution in [3.05, 3.63) is 34.9 Å². The zero-order chi connectivity index (χ0) is 12.3. The minimum atomic E-state index is 0.759. The summed E-state index contributed by atoms with van der Waals surface area (Å²) in [5, 5.41) is 0. The van der Waals surface area contributed by atoms with Crippen LogP contribution in [-0.4, -0.2) is 24.5 Å². The van der Waals surface area contributed by atoms with Gasteiger partial charge in [0, 0.05) is 6.54 Å². The van der Waals surface area contributed by atoms with Gasteiger partial charge in [0.1, 0.15) is 0 Å². The lowest BCUT2D eigenvalue weighted by Crippen LogP contribution is -2.34. The predicted octanol–water partition coefficient (Wildman–Crippen LogP) is 3.89. The van der Waals surface area contributed by atoms with Gasteiger partial charge in [-0.1, -0.05) is 25.1 Å². The van der Waals surface area contributed by atoms with E-state index in [1.807, 2.05) is 0 Å². The van der Waals surface area contributed by atoms with E-state index in [9.17, 15) is 0 Å². The van der Waals surface area contributed by atoms with Crippen LogP contribution < -0.4 is 0 Å². The molecule has 0 unspecified atom stereocenters. The summed E-state index contributed by atoms with van der Waals surface area (Å²) in [5.74, 6) is 0.759. The SMILES string of the molecule is CCCN1CCC[C@H](c2ccc(C)c(C)c2)C1. The molecule has 0 amide bonds. The van der Waals surface area contributed by atoms with E-state index >= 15 is 0 Å². The molecule has 1 aliphatic rings. The summed E-state index contributed by atoms with van der Waals surface area (Å²) in [7, 11) is 0. The predicted molar refractivity (Wildman–Crippen MR) is 74.6 cm³/mol. The Balaban J connectivity index is 2.08. The Kier molecular flexibility index (Phi) is 4.22. The zero-order valence-electron chi connectivity index (χ0n) is 11.5. The number of aryl methyl sites for hydroxylation is 2. The highest BCUT2D eigenvalue weighted by Crippen LogP contribution is 2.28. The lowest BCUT2D eigenvalue weighted by Gasteiger charge is -2.33. The third kappa shape index (κ3) is 3.10. The first kappa shape index (κ1) is 12.6. The molecule has 94 valence electrons. The van der Waals surface area contributed by atoms with Crippen molar-refractivity contribution >= 4 is 0 Å². The van der Waals surface area contributed by atoms with Crippen molar-refractivity contribution in [1.29, 1.82) is 0 Å². The summed E-state index contributed by atoms with van der Waals surface area (Å²) in [5.41, 5.74) is 4.40. The van der Waals surface area contributed by atoms with Crippen LogP contribution in [0.3, 0.4) is 0 Å². The molecule has 0 N–H and O–H groups in total. The van der Waals surface area contributed by atoms with Crippen molar-refractivity contribution in [1.82, 2.24) is 4.90 Å². The minimum Gasteiger partial charge on any atom is -0.303 e. The molecule has 0 bridgehead atoms. The second-order valence-corrected chi connectivity index (χ2v) is 5.48. The van der Waals surface area contributed by atoms with E-state index in [1.54, 1.807) is 5.56 Å². The summed E-state index contributed by atoms with van der Waals surface area (Å²) in [6, 6.07) is 7.02. The molecule has 2 rings (SSSR count). The van der Waals surface area contributed by atoms with Gasteiger partial charge in [-0.3, -0.25) is 0 Å². The number of rotatable bonds is 3. The molecule has 0 radical (unpaired) electrons.